The van der Waals surface area contributed by atoms with Gasteiger partial charge in [-0.3, -0.25) is 0 Å². The van der Waals surface area contributed by atoms with Crippen molar-refractivity contribution in [1.82, 2.24) is 0 Å². The molecule has 80 valence electrons. The van der Waals surface area contributed by atoms with Crippen molar-refractivity contribution in [3.63, 3.8) is 0 Å². The first-order valence-corrected chi connectivity index (χ1v) is 5.74. The molecule has 0 saturated carbocycles. The third-order valence-corrected chi connectivity index (χ3v) is 3.45. The van der Waals surface area contributed by atoms with Gasteiger partial charge in [0.2, 0.25) is 0 Å². The minimum atomic E-state index is 0.0890. The summed E-state index contributed by atoms with van der Waals surface area (Å²) in [5.41, 5.74) is 10.3. The lowest BCUT2D eigenvalue weighted by molar-refractivity contribution is 0.641. The summed E-state index contributed by atoms with van der Waals surface area (Å²) in [6, 6.07) is 0.0890. The Morgan fingerprint density at radius 1 is 1.06 bits per heavy atom. The normalized spacial score (nSPS) is 30.9. The molecule has 16 heavy (non-hydrogen) atoms. The number of rotatable bonds is 0. The van der Waals surface area contributed by atoms with Crippen LogP contribution < -0.4 is 5.73 Å². The van der Waals surface area contributed by atoms with Crippen molar-refractivity contribution in [3.8, 4) is 0 Å². The Kier molecular flexibility index (Phi) is 2.26. The molecule has 0 amide bonds. The molecular formula is C15H15N. The van der Waals surface area contributed by atoms with Crippen LogP contribution in [0.2, 0.25) is 0 Å². The zero-order chi connectivity index (χ0) is 11.0. The summed E-state index contributed by atoms with van der Waals surface area (Å²) in [6.07, 6.45) is 20.4. The van der Waals surface area contributed by atoms with Crippen LogP contribution in [0.25, 0.3) is 0 Å². The average Bonchev–Trinajstić information content (AvgIpc) is 2.49. The molecule has 0 aromatic heterocycles. The summed E-state index contributed by atoms with van der Waals surface area (Å²) in [5.74, 6) is 0.330. The van der Waals surface area contributed by atoms with Gasteiger partial charge in [-0.05, 0) is 23.1 Å². The number of hydrogen-bond donors (Lipinski definition) is 1. The van der Waals surface area contributed by atoms with E-state index in [0.29, 0.717) is 5.92 Å². The van der Waals surface area contributed by atoms with Crippen molar-refractivity contribution in [2.75, 3.05) is 0 Å². The second-order valence-corrected chi connectivity index (χ2v) is 4.41. The second kappa shape index (κ2) is 3.76. The highest BCUT2D eigenvalue weighted by Crippen LogP contribution is 2.33. The maximum absolute atomic E-state index is 6.38. The van der Waals surface area contributed by atoms with Gasteiger partial charge < -0.3 is 5.73 Å². The Hall–Kier alpha value is -1.60. The fourth-order valence-electron chi connectivity index (χ4n) is 2.54. The highest BCUT2D eigenvalue weighted by atomic mass is 14.7. The smallest absolute Gasteiger partial charge is 0.0402 e. The molecular weight excluding hydrogens is 194 g/mol. The van der Waals surface area contributed by atoms with E-state index in [1.165, 1.54) is 16.7 Å². The Bertz CT molecular complexity index is 478. The monoisotopic (exact) mass is 209 g/mol. The molecule has 0 bridgehead atoms. The van der Waals surface area contributed by atoms with E-state index in [2.05, 4.69) is 54.7 Å². The van der Waals surface area contributed by atoms with Crippen LogP contribution in [-0.4, -0.2) is 6.04 Å². The maximum Gasteiger partial charge on any atom is 0.0402 e. The molecule has 0 spiro atoms. The van der Waals surface area contributed by atoms with Crippen molar-refractivity contribution < 1.29 is 0 Å². The summed E-state index contributed by atoms with van der Waals surface area (Å²) in [6.45, 7) is 0. The maximum atomic E-state index is 6.38. The van der Waals surface area contributed by atoms with Crippen LogP contribution in [0.1, 0.15) is 6.42 Å². The van der Waals surface area contributed by atoms with Gasteiger partial charge in [0.1, 0.15) is 0 Å². The minimum Gasteiger partial charge on any atom is -0.323 e. The zero-order valence-corrected chi connectivity index (χ0v) is 9.14. The van der Waals surface area contributed by atoms with Crippen molar-refractivity contribution in [2.24, 2.45) is 11.7 Å². The van der Waals surface area contributed by atoms with Crippen LogP contribution in [-0.2, 0) is 0 Å². The first-order valence-electron chi connectivity index (χ1n) is 5.74. The predicted molar refractivity (Wildman–Crippen MR) is 67.8 cm³/mol. The molecule has 2 unspecified atom stereocenters. The largest absolute Gasteiger partial charge is 0.323 e. The Balaban J connectivity index is 2.08. The van der Waals surface area contributed by atoms with Gasteiger partial charge in [0.15, 0.2) is 0 Å². The van der Waals surface area contributed by atoms with Crippen molar-refractivity contribution in [3.05, 3.63) is 71.4 Å². The van der Waals surface area contributed by atoms with Gasteiger partial charge in [-0.15, -0.1) is 0 Å². The molecule has 1 heteroatoms. The summed E-state index contributed by atoms with van der Waals surface area (Å²) in [7, 11) is 0. The number of nitrogens with two attached hydrogens (primary N) is 1. The lowest BCUT2D eigenvalue weighted by atomic mass is 9.82. The lowest BCUT2D eigenvalue weighted by Gasteiger charge is -2.26. The molecule has 0 aliphatic heterocycles. The van der Waals surface area contributed by atoms with Gasteiger partial charge in [0.25, 0.3) is 0 Å². The van der Waals surface area contributed by atoms with E-state index in [0.717, 1.165) is 6.42 Å². The molecule has 2 atom stereocenters. The van der Waals surface area contributed by atoms with Gasteiger partial charge in [-0.25, -0.2) is 0 Å². The number of hydrogen-bond acceptors (Lipinski definition) is 1. The SMILES string of the molecule is NC1C2=CC=CCC2=CC=C2C=CC=CC21. The highest BCUT2D eigenvalue weighted by Gasteiger charge is 2.26. The standard InChI is InChI=1S/C15H15N/c16-15-13-7-3-1-5-11(13)9-10-12-6-2-4-8-14(12)15/h1-5,7-10,13,15H,6,16H2. The van der Waals surface area contributed by atoms with Crippen molar-refractivity contribution in [1.29, 1.82) is 0 Å². The quantitative estimate of drug-likeness (QED) is 0.652. The first-order chi connectivity index (χ1) is 7.86. The molecule has 3 aliphatic carbocycles. The topological polar surface area (TPSA) is 26.0 Å². The van der Waals surface area contributed by atoms with Crippen molar-refractivity contribution >= 4 is 0 Å². The van der Waals surface area contributed by atoms with E-state index in [-0.39, 0.29) is 6.04 Å². The third-order valence-electron chi connectivity index (χ3n) is 3.45. The van der Waals surface area contributed by atoms with E-state index in [1.807, 2.05) is 0 Å². The van der Waals surface area contributed by atoms with Crippen LogP contribution in [0.5, 0.6) is 0 Å². The first kappa shape index (κ1) is 9.61. The number of allylic oxidation sites excluding steroid dienone is 8. The average molecular weight is 209 g/mol. The van der Waals surface area contributed by atoms with E-state index in [4.69, 9.17) is 5.73 Å². The molecule has 3 aliphatic rings. The molecule has 0 fully saturated rings. The zero-order valence-electron chi connectivity index (χ0n) is 9.14. The molecule has 1 nitrogen and oxygen atoms in total. The minimum absolute atomic E-state index is 0.0890. The third kappa shape index (κ3) is 1.44. The molecule has 3 rings (SSSR count). The predicted octanol–water partition coefficient (Wildman–Crippen LogP) is 2.81. The fourth-order valence-corrected chi connectivity index (χ4v) is 2.54. The van der Waals surface area contributed by atoms with Crippen LogP contribution in [0, 0.1) is 5.92 Å². The lowest BCUT2D eigenvalue weighted by Crippen LogP contribution is -2.32. The van der Waals surface area contributed by atoms with E-state index >= 15 is 0 Å². The molecule has 2 N–H and O–H groups in total. The Morgan fingerprint density at radius 2 is 2.00 bits per heavy atom. The molecule has 0 aromatic carbocycles. The van der Waals surface area contributed by atoms with Crippen LogP contribution in [0.3, 0.4) is 0 Å². The molecule has 0 heterocycles. The molecule has 0 saturated heterocycles. The van der Waals surface area contributed by atoms with E-state index in [9.17, 15) is 0 Å². The number of fused-ring (bicyclic) bond motifs is 2. The van der Waals surface area contributed by atoms with E-state index in [1.54, 1.807) is 0 Å². The van der Waals surface area contributed by atoms with Gasteiger partial charge in [-0.1, -0.05) is 54.7 Å². The fraction of sp³-hybridized carbons (Fsp3) is 0.200. The van der Waals surface area contributed by atoms with Gasteiger partial charge in [-0.2, -0.15) is 0 Å². The Morgan fingerprint density at radius 3 is 2.94 bits per heavy atom. The summed E-state index contributed by atoms with van der Waals surface area (Å²) >= 11 is 0. The molecule has 0 aromatic rings. The summed E-state index contributed by atoms with van der Waals surface area (Å²) < 4.78 is 0. The summed E-state index contributed by atoms with van der Waals surface area (Å²) in [4.78, 5) is 0. The summed E-state index contributed by atoms with van der Waals surface area (Å²) in [5, 5.41) is 0. The van der Waals surface area contributed by atoms with Crippen LogP contribution in [0.4, 0.5) is 0 Å². The van der Waals surface area contributed by atoms with Crippen molar-refractivity contribution in [2.45, 2.75) is 12.5 Å². The van der Waals surface area contributed by atoms with Crippen LogP contribution in [0.15, 0.2) is 71.4 Å². The second-order valence-electron chi connectivity index (χ2n) is 4.41. The Labute approximate surface area is 96.0 Å². The van der Waals surface area contributed by atoms with Crippen LogP contribution >= 0.6 is 0 Å². The molecule has 0 radical (unpaired) electrons. The van der Waals surface area contributed by atoms with Gasteiger partial charge >= 0.3 is 0 Å². The van der Waals surface area contributed by atoms with E-state index < -0.39 is 0 Å². The van der Waals surface area contributed by atoms with Gasteiger partial charge in [0, 0.05) is 12.0 Å². The van der Waals surface area contributed by atoms with Gasteiger partial charge in [0.05, 0.1) is 0 Å². The highest BCUT2D eigenvalue weighted by molar-refractivity contribution is 5.51.